The molecule has 28 heavy (non-hydrogen) atoms. The Labute approximate surface area is 159 Å². The molecule has 0 fully saturated rings. The van der Waals surface area contributed by atoms with Gasteiger partial charge in [-0.25, -0.2) is 0 Å². The third-order valence-corrected chi connectivity index (χ3v) is 3.72. The van der Waals surface area contributed by atoms with Crippen LogP contribution in [0.1, 0.15) is 37.2 Å². The molecule has 146 valence electrons. The molecule has 0 aliphatic carbocycles. The summed E-state index contributed by atoms with van der Waals surface area (Å²) in [4.78, 5) is 44.2. The number of nitro groups is 2. The summed E-state index contributed by atoms with van der Waals surface area (Å²) in [5, 5.41) is 22.5. The summed E-state index contributed by atoms with van der Waals surface area (Å²) in [6.45, 7) is 2.24. The van der Waals surface area contributed by atoms with E-state index in [2.05, 4.69) is 0 Å². The Kier molecular flexibility index (Phi) is 6.38. The number of hydrogen-bond donors (Lipinski definition) is 0. The highest BCUT2D eigenvalue weighted by Crippen LogP contribution is 2.40. The van der Waals surface area contributed by atoms with Crippen LogP contribution in [-0.4, -0.2) is 21.8 Å². The first kappa shape index (κ1) is 20.5. The van der Waals surface area contributed by atoms with Gasteiger partial charge in [-0.1, -0.05) is 30.3 Å². The number of nitrogens with zero attached hydrogens (tertiary/aromatic N) is 2. The molecule has 2 atom stereocenters. The average Bonchev–Trinajstić information content (AvgIpc) is 2.64. The number of rotatable bonds is 7. The van der Waals surface area contributed by atoms with Crippen molar-refractivity contribution in [1.82, 2.24) is 0 Å². The van der Waals surface area contributed by atoms with Crippen LogP contribution < -0.4 is 0 Å². The van der Waals surface area contributed by atoms with Gasteiger partial charge in [0.15, 0.2) is 12.2 Å². The lowest BCUT2D eigenvalue weighted by atomic mass is 9.96. The maximum atomic E-state index is 11.7. The summed E-state index contributed by atoms with van der Waals surface area (Å²) in [5.74, 6) is -1.47. The highest BCUT2D eigenvalue weighted by molar-refractivity contribution is 5.68. The lowest BCUT2D eigenvalue weighted by Crippen LogP contribution is -2.22. The van der Waals surface area contributed by atoms with Crippen LogP contribution in [0.4, 0.5) is 11.4 Å². The number of benzene rings is 2. The Bertz CT molecular complexity index is 913. The summed E-state index contributed by atoms with van der Waals surface area (Å²) >= 11 is 0. The van der Waals surface area contributed by atoms with E-state index in [4.69, 9.17) is 9.47 Å². The Hall–Kier alpha value is -3.82. The lowest BCUT2D eigenvalue weighted by molar-refractivity contribution is -0.395. The molecule has 10 nitrogen and oxygen atoms in total. The van der Waals surface area contributed by atoms with Crippen LogP contribution in [0.3, 0.4) is 0 Å². The van der Waals surface area contributed by atoms with Gasteiger partial charge in [0.05, 0.1) is 21.5 Å². The molecule has 0 aromatic heterocycles. The highest BCUT2D eigenvalue weighted by Gasteiger charge is 2.36. The van der Waals surface area contributed by atoms with Gasteiger partial charge in [-0.15, -0.1) is 0 Å². The van der Waals surface area contributed by atoms with E-state index in [1.165, 1.54) is 0 Å². The Balaban J connectivity index is 2.67. The Morgan fingerprint density at radius 2 is 1.43 bits per heavy atom. The standard InChI is InChI=1S/C18H16N2O8/c1-11(21)27-17(13-6-4-3-5-7-13)18(28-12(2)22)15-9-8-14(19(23)24)10-16(15)20(25)26/h3-10,17-18H,1-2H3. The van der Waals surface area contributed by atoms with Crippen LogP contribution >= 0.6 is 0 Å². The van der Waals surface area contributed by atoms with E-state index in [1.54, 1.807) is 30.3 Å². The third kappa shape index (κ3) is 4.87. The average molecular weight is 388 g/mol. The van der Waals surface area contributed by atoms with Crippen molar-refractivity contribution in [1.29, 1.82) is 0 Å². The van der Waals surface area contributed by atoms with E-state index in [0.29, 0.717) is 5.56 Å². The first-order valence-electron chi connectivity index (χ1n) is 8.02. The van der Waals surface area contributed by atoms with Crippen molar-refractivity contribution >= 4 is 23.3 Å². The van der Waals surface area contributed by atoms with Crippen molar-refractivity contribution < 1.29 is 28.9 Å². The molecule has 0 radical (unpaired) electrons. The topological polar surface area (TPSA) is 139 Å². The molecule has 0 aliphatic heterocycles. The van der Waals surface area contributed by atoms with Crippen LogP contribution in [0, 0.1) is 20.2 Å². The number of non-ortho nitro benzene ring substituents is 1. The van der Waals surface area contributed by atoms with E-state index in [1.807, 2.05) is 0 Å². The Morgan fingerprint density at radius 1 is 0.857 bits per heavy atom. The van der Waals surface area contributed by atoms with Gasteiger partial charge in [0.2, 0.25) is 0 Å². The van der Waals surface area contributed by atoms with Crippen LogP contribution in [0.25, 0.3) is 0 Å². The van der Waals surface area contributed by atoms with E-state index >= 15 is 0 Å². The van der Waals surface area contributed by atoms with Crippen molar-refractivity contribution in [3.63, 3.8) is 0 Å². The number of esters is 2. The van der Waals surface area contributed by atoms with Gasteiger partial charge >= 0.3 is 11.9 Å². The fourth-order valence-electron chi connectivity index (χ4n) is 2.64. The summed E-state index contributed by atoms with van der Waals surface area (Å²) in [7, 11) is 0. The van der Waals surface area contributed by atoms with Crippen LogP contribution in [0.5, 0.6) is 0 Å². The number of ether oxygens (including phenoxy) is 2. The second-order valence-electron chi connectivity index (χ2n) is 5.73. The summed E-state index contributed by atoms with van der Waals surface area (Å²) < 4.78 is 10.5. The number of nitro benzene ring substituents is 2. The van der Waals surface area contributed by atoms with Crippen molar-refractivity contribution in [2.75, 3.05) is 0 Å². The van der Waals surface area contributed by atoms with E-state index < -0.39 is 45.4 Å². The maximum Gasteiger partial charge on any atom is 0.303 e. The van der Waals surface area contributed by atoms with Gasteiger partial charge < -0.3 is 9.47 Å². The SMILES string of the molecule is CC(=O)OC(c1ccccc1)C(OC(C)=O)c1ccc([N+](=O)[O-])cc1[N+](=O)[O-]. The van der Waals surface area contributed by atoms with Crippen molar-refractivity contribution in [2.24, 2.45) is 0 Å². The predicted octanol–water partition coefficient (Wildman–Crippen LogP) is 3.41. The van der Waals surface area contributed by atoms with E-state index in [-0.39, 0.29) is 5.56 Å². The Morgan fingerprint density at radius 3 is 1.93 bits per heavy atom. The van der Waals surface area contributed by atoms with E-state index in [0.717, 1.165) is 32.0 Å². The zero-order valence-electron chi connectivity index (χ0n) is 14.9. The molecular formula is C18H16N2O8. The minimum absolute atomic E-state index is 0.138. The molecule has 0 N–H and O–H groups in total. The molecule has 0 saturated carbocycles. The zero-order valence-corrected chi connectivity index (χ0v) is 14.9. The minimum atomic E-state index is -1.38. The minimum Gasteiger partial charge on any atom is -0.453 e. The second-order valence-corrected chi connectivity index (χ2v) is 5.73. The predicted molar refractivity (Wildman–Crippen MR) is 95.2 cm³/mol. The largest absolute Gasteiger partial charge is 0.453 e. The molecule has 2 aromatic carbocycles. The number of carbonyl (C=O) groups is 2. The normalized spacial score (nSPS) is 12.5. The summed E-state index contributed by atoms with van der Waals surface area (Å²) in [6, 6.07) is 11.1. The quantitative estimate of drug-likeness (QED) is 0.399. The molecule has 0 bridgehead atoms. The molecule has 0 heterocycles. The third-order valence-electron chi connectivity index (χ3n) is 3.72. The van der Waals surface area contributed by atoms with Gasteiger partial charge in [0.25, 0.3) is 11.4 Å². The smallest absolute Gasteiger partial charge is 0.303 e. The maximum absolute atomic E-state index is 11.7. The summed E-state index contributed by atoms with van der Waals surface area (Å²) in [5.41, 5.74) is -0.841. The fraction of sp³-hybridized carbons (Fsp3) is 0.222. The first-order chi connectivity index (χ1) is 13.2. The second kappa shape index (κ2) is 8.71. The molecule has 0 amide bonds. The monoisotopic (exact) mass is 388 g/mol. The molecule has 2 aromatic rings. The first-order valence-corrected chi connectivity index (χ1v) is 8.02. The van der Waals surface area contributed by atoms with Gasteiger partial charge in [0, 0.05) is 19.9 Å². The fourth-order valence-corrected chi connectivity index (χ4v) is 2.64. The number of hydrogen-bond acceptors (Lipinski definition) is 8. The molecule has 2 rings (SSSR count). The molecule has 0 saturated heterocycles. The van der Waals surface area contributed by atoms with Crippen molar-refractivity contribution in [3.05, 3.63) is 79.9 Å². The van der Waals surface area contributed by atoms with Crippen LogP contribution in [0.15, 0.2) is 48.5 Å². The van der Waals surface area contributed by atoms with Crippen molar-refractivity contribution in [2.45, 2.75) is 26.1 Å². The van der Waals surface area contributed by atoms with Gasteiger partial charge in [-0.05, 0) is 11.6 Å². The molecule has 10 heteroatoms. The number of carbonyl (C=O) groups excluding carboxylic acids is 2. The zero-order chi connectivity index (χ0) is 20.8. The van der Waals surface area contributed by atoms with Gasteiger partial charge in [-0.2, -0.15) is 0 Å². The van der Waals surface area contributed by atoms with E-state index in [9.17, 15) is 29.8 Å². The lowest BCUT2D eigenvalue weighted by Gasteiger charge is -2.26. The molecule has 0 spiro atoms. The molecular weight excluding hydrogens is 372 g/mol. The van der Waals surface area contributed by atoms with Gasteiger partial charge in [0.1, 0.15) is 0 Å². The van der Waals surface area contributed by atoms with Crippen LogP contribution in [0.2, 0.25) is 0 Å². The van der Waals surface area contributed by atoms with Gasteiger partial charge in [-0.3, -0.25) is 29.8 Å². The van der Waals surface area contributed by atoms with Crippen LogP contribution in [-0.2, 0) is 19.1 Å². The van der Waals surface area contributed by atoms with Crippen molar-refractivity contribution in [3.8, 4) is 0 Å². The molecule has 0 aliphatic rings. The highest BCUT2D eigenvalue weighted by atomic mass is 16.6. The summed E-state index contributed by atoms with van der Waals surface area (Å²) in [6.07, 6.45) is -2.58. The molecule has 2 unspecified atom stereocenters.